The van der Waals surface area contributed by atoms with E-state index >= 15 is 0 Å². The summed E-state index contributed by atoms with van der Waals surface area (Å²) in [6.45, 7) is 8.74. The molecule has 154 valence electrons. The van der Waals surface area contributed by atoms with E-state index in [4.69, 9.17) is 4.98 Å². The van der Waals surface area contributed by atoms with Crippen LogP contribution in [0.2, 0.25) is 0 Å². The first kappa shape index (κ1) is 18.8. The zero-order valence-electron chi connectivity index (χ0n) is 17.5. The van der Waals surface area contributed by atoms with Crippen LogP contribution >= 0.6 is 0 Å². The molecule has 3 fully saturated rings. The molecule has 6 heteroatoms. The Kier molecular flexibility index (Phi) is 4.69. The van der Waals surface area contributed by atoms with E-state index in [0.717, 1.165) is 50.8 Å². The van der Waals surface area contributed by atoms with Crippen LogP contribution in [0.4, 0.5) is 0 Å². The summed E-state index contributed by atoms with van der Waals surface area (Å²) in [7, 11) is 0. The summed E-state index contributed by atoms with van der Waals surface area (Å²) in [5.41, 5.74) is 1.96. The van der Waals surface area contributed by atoms with Gasteiger partial charge in [-0.05, 0) is 50.7 Å². The first-order chi connectivity index (χ1) is 14.0. The third-order valence-electron chi connectivity index (χ3n) is 7.03. The molecule has 2 aromatic rings. The number of carbonyl (C=O) groups is 1. The highest BCUT2D eigenvalue weighted by atomic mass is 16.2. The monoisotopic (exact) mass is 393 g/mol. The maximum absolute atomic E-state index is 13.7. The first-order valence-corrected chi connectivity index (χ1v) is 11.0. The topological polar surface area (TPSA) is 54.3 Å². The Hall–Kier alpha value is -2.21. The zero-order valence-corrected chi connectivity index (χ0v) is 17.5. The van der Waals surface area contributed by atoms with Crippen molar-refractivity contribution >= 4 is 5.91 Å². The molecule has 1 spiro atoms. The number of likely N-dealkylation sites (tertiary alicyclic amines) is 2. The molecule has 2 saturated heterocycles. The van der Waals surface area contributed by atoms with Crippen LogP contribution in [0.5, 0.6) is 0 Å². The number of rotatable bonds is 6. The highest BCUT2D eigenvalue weighted by molar-refractivity contribution is 5.87. The molecule has 2 aromatic heterocycles. The normalized spacial score (nSPS) is 27.6. The lowest BCUT2D eigenvalue weighted by molar-refractivity contribution is -0.136. The number of nitrogens with zero attached hydrogens (tertiary/aromatic N) is 5. The summed E-state index contributed by atoms with van der Waals surface area (Å²) in [5, 5.41) is 0. The fourth-order valence-corrected chi connectivity index (χ4v) is 5.18. The summed E-state index contributed by atoms with van der Waals surface area (Å²) >= 11 is 0. The highest BCUT2D eigenvalue weighted by Gasteiger charge is 2.58. The SMILES string of the molecule is CC(C)n1cnc([C@@H]2CN(Cc3cccnc3)C[C@]23CCN(CC2CC2)C3=O)c1. The molecule has 0 aromatic carbocycles. The van der Waals surface area contributed by atoms with Crippen molar-refractivity contribution in [1.29, 1.82) is 0 Å². The molecular weight excluding hydrogens is 362 g/mol. The van der Waals surface area contributed by atoms with Crippen molar-refractivity contribution in [3.63, 3.8) is 0 Å². The van der Waals surface area contributed by atoms with Gasteiger partial charge in [-0.3, -0.25) is 14.7 Å². The summed E-state index contributed by atoms with van der Waals surface area (Å²) in [4.78, 5) is 27.3. The summed E-state index contributed by atoms with van der Waals surface area (Å²) in [5.74, 6) is 1.26. The van der Waals surface area contributed by atoms with Crippen LogP contribution in [0, 0.1) is 11.3 Å². The van der Waals surface area contributed by atoms with Crippen LogP contribution in [-0.2, 0) is 11.3 Å². The second kappa shape index (κ2) is 7.24. The summed E-state index contributed by atoms with van der Waals surface area (Å²) < 4.78 is 2.16. The van der Waals surface area contributed by atoms with E-state index in [2.05, 4.69) is 45.5 Å². The molecule has 0 radical (unpaired) electrons. The molecule has 2 aliphatic heterocycles. The number of aromatic nitrogens is 3. The van der Waals surface area contributed by atoms with Crippen LogP contribution < -0.4 is 0 Å². The molecule has 1 amide bonds. The molecule has 6 nitrogen and oxygen atoms in total. The Morgan fingerprint density at radius 1 is 1.31 bits per heavy atom. The molecule has 1 aliphatic carbocycles. The van der Waals surface area contributed by atoms with E-state index in [9.17, 15) is 4.79 Å². The van der Waals surface area contributed by atoms with Crippen LogP contribution in [0.1, 0.15) is 56.3 Å². The first-order valence-electron chi connectivity index (χ1n) is 11.0. The second-order valence-electron chi connectivity index (χ2n) is 9.52. The average molecular weight is 394 g/mol. The van der Waals surface area contributed by atoms with Gasteiger partial charge in [0.15, 0.2) is 0 Å². The molecule has 2 atom stereocenters. The number of hydrogen-bond donors (Lipinski definition) is 0. The van der Waals surface area contributed by atoms with Crippen LogP contribution in [0.15, 0.2) is 37.1 Å². The predicted molar refractivity (Wildman–Crippen MR) is 111 cm³/mol. The fourth-order valence-electron chi connectivity index (χ4n) is 5.18. The smallest absolute Gasteiger partial charge is 0.230 e. The number of pyridine rings is 1. The minimum Gasteiger partial charge on any atom is -0.342 e. The highest BCUT2D eigenvalue weighted by Crippen LogP contribution is 2.50. The molecule has 1 saturated carbocycles. The molecule has 5 rings (SSSR count). The van der Waals surface area contributed by atoms with Crippen molar-refractivity contribution in [2.75, 3.05) is 26.2 Å². The minimum absolute atomic E-state index is 0.163. The number of hydrogen-bond acceptors (Lipinski definition) is 4. The third kappa shape index (κ3) is 3.48. The number of amides is 1. The van der Waals surface area contributed by atoms with Gasteiger partial charge in [-0.2, -0.15) is 0 Å². The molecule has 29 heavy (non-hydrogen) atoms. The minimum atomic E-state index is -0.326. The van der Waals surface area contributed by atoms with Gasteiger partial charge in [0.1, 0.15) is 0 Å². The Morgan fingerprint density at radius 3 is 2.86 bits per heavy atom. The molecule has 4 heterocycles. The lowest BCUT2D eigenvalue weighted by Crippen LogP contribution is -2.40. The van der Waals surface area contributed by atoms with Gasteiger partial charge in [0, 0.05) is 63.3 Å². The zero-order chi connectivity index (χ0) is 20.0. The molecular formula is C23H31N5O. The Bertz CT molecular complexity index is 874. The van der Waals surface area contributed by atoms with Gasteiger partial charge in [-0.25, -0.2) is 4.98 Å². The standard InChI is InChI=1S/C23H31N5O/c1-17(2)28-14-21(25-16-28)20-13-26(11-19-4-3-8-24-10-19)15-23(20)7-9-27(22(23)29)12-18-5-6-18/h3-4,8,10,14,16-18,20H,5-7,9,11-13,15H2,1-2H3/t20-,23+/m0/s1. The van der Waals surface area contributed by atoms with Gasteiger partial charge >= 0.3 is 0 Å². The van der Waals surface area contributed by atoms with Crippen molar-refractivity contribution in [2.24, 2.45) is 11.3 Å². The predicted octanol–water partition coefficient (Wildman–Crippen LogP) is 3.09. The van der Waals surface area contributed by atoms with Crippen molar-refractivity contribution in [2.45, 2.75) is 51.6 Å². The summed E-state index contributed by atoms with van der Waals surface area (Å²) in [6.07, 6.45) is 11.4. The molecule has 0 unspecified atom stereocenters. The number of carbonyl (C=O) groups excluding carboxylic acids is 1. The summed E-state index contributed by atoms with van der Waals surface area (Å²) in [6, 6.07) is 4.49. The van der Waals surface area contributed by atoms with E-state index in [1.54, 1.807) is 0 Å². The Balaban J connectivity index is 1.43. The van der Waals surface area contributed by atoms with Crippen molar-refractivity contribution in [1.82, 2.24) is 24.3 Å². The quantitative estimate of drug-likeness (QED) is 0.757. The van der Waals surface area contributed by atoms with Gasteiger partial charge in [0.05, 0.1) is 17.4 Å². The van der Waals surface area contributed by atoms with Crippen LogP contribution in [-0.4, -0.2) is 56.4 Å². The fraction of sp³-hybridized carbons (Fsp3) is 0.609. The van der Waals surface area contributed by atoms with Gasteiger partial charge in [0.25, 0.3) is 0 Å². The van der Waals surface area contributed by atoms with Crippen molar-refractivity contribution < 1.29 is 4.79 Å². The van der Waals surface area contributed by atoms with Crippen LogP contribution in [0.25, 0.3) is 0 Å². The second-order valence-corrected chi connectivity index (χ2v) is 9.52. The molecule has 0 N–H and O–H groups in total. The van der Waals surface area contributed by atoms with Gasteiger partial charge in [-0.1, -0.05) is 6.07 Å². The van der Waals surface area contributed by atoms with E-state index < -0.39 is 0 Å². The van der Waals surface area contributed by atoms with E-state index in [1.165, 1.54) is 18.4 Å². The largest absolute Gasteiger partial charge is 0.342 e. The Morgan fingerprint density at radius 2 is 2.17 bits per heavy atom. The molecule has 3 aliphatic rings. The molecule has 0 bridgehead atoms. The van der Waals surface area contributed by atoms with Crippen molar-refractivity contribution in [3.05, 3.63) is 48.3 Å². The maximum Gasteiger partial charge on any atom is 0.230 e. The van der Waals surface area contributed by atoms with Gasteiger partial charge in [-0.15, -0.1) is 0 Å². The van der Waals surface area contributed by atoms with Crippen molar-refractivity contribution in [3.8, 4) is 0 Å². The van der Waals surface area contributed by atoms with E-state index in [0.29, 0.717) is 11.9 Å². The van der Waals surface area contributed by atoms with E-state index in [-0.39, 0.29) is 11.3 Å². The third-order valence-corrected chi connectivity index (χ3v) is 7.03. The average Bonchev–Trinajstić information content (AvgIpc) is 3.13. The lowest BCUT2D eigenvalue weighted by Gasteiger charge is -2.28. The Labute approximate surface area is 172 Å². The maximum atomic E-state index is 13.7. The number of imidazole rings is 1. The lowest BCUT2D eigenvalue weighted by atomic mass is 9.75. The van der Waals surface area contributed by atoms with Gasteiger partial charge in [0.2, 0.25) is 5.91 Å². The van der Waals surface area contributed by atoms with Gasteiger partial charge < -0.3 is 9.47 Å². The van der Waals surface area contributed by atoms with E-state index in [1.807, 2.05) is 24.8 Å². The van der Waals surface area contributed by atoms with Crippen LogP contribution in [0.3, 0.4) is 0 Å².